The molecular weight excluding hydrogens is 432 g/mol. The van der Waals surface area contributed by atoms with Gasteiger partial charge in [-0.05, 0) is 78.9 Å². The smallest absolute Gasteiger partial charge is 0.178 e. The minimum Gasteiger partial charge on any atom is -0.317 e. The summed E-state index contributed by atoms with van der Waals surface area (Å²) in [5, 5.41) is 5.45. The largest absolute Gasteiger partial charge is 0.317 e. The van der Waals surface area contributed by atoms with E-state index in [1.807, 2.05) is 36.5 Å². The number of Topliss-reactive ketones (excluding diaryl/α,β-unsaturated/α-hetero) is 1. The first-order valence-electron chi connectivity index (χ1n) is 11.4. The van der Waals surface area contributed by atoms with E-state index in [-0.39, 0.29) is 36.7 Å². The van der Waals surface area contributed by atoms with Gasteiger partial charge in [0.15, 0.2) is 9.84 Å². The summed E-state index contributed by atoms with van der Waals surface area (Å²) in [7, 11) is -3.27. The van der Waals surface area contributed by atoms with Crippen LogP contribution in [0, 0.1) is 11.8 Å². The molecular formula is C27H32N2O3S. The minimum absolute atomic E-state index is 0. The minimum atomic E-state index is -3.27. The van der Waals surface area contributed by atoms with Crippen molar-refractivity contribution in [3.8, 4) is 0 Å². The van der Waals surface area contributed by atoms with Crippen LogP contribution in [-0.4, -0.2) is 38.0 Å². The third kappa shape index (κ3) is 5.33. The van der Waals surface area contributed by atoms with E-state index in [1.165, 1.54) is 0 Å². The number of carbonyl (C=O) groups is 1. The molecule has 0 spiro atoms. The fourth-order valence-electron chi connectivity index (χ4n) is 4.87. The molecule has 3 aromatic rings. The number of benzene rings is 2. The van der Waals surface area contributed by atoms with Crippen molar-refractivity contribution in [2.75, 3.05) is 18.8 Å². The second-order valence-corrected chi connectivity index (χ2v) is 11.2. The van der Waals surface area contributed by atoms with Crippen molar-refractivity contribution < 1.29 is 13.2 Å². The lowest BCUT2D eigenvalue weighted by molar-refractivity contribution is -0.119. The van der Waals surface area contributed by atoms with E-state index in [0.29, 0.717) is 11.3 Å². The lowest BCUT2D eigenvalue weighted by atomic mass is 10.0. The number of hydrogen-bond acceptors (Lipinski definition) is 5. The number of carbonyl (C=O) groups excluding carboxylic acids is 1. The Morgan fingerprint density at radius 1 is 1.00 bits per heavy atom. The van der Waals surface area contributed by atoms with Crippen molar-refractivity contribution in [3.63, 3.8) is 0 Å². The molecule has 1 aliphatic heterocycles. The Morgan fingerprint density at radius 3 is 2.52 bits per heavy atom. The Morgan fingerprint density at radius 2 is 1.76 bits per heavy atom. The number of ketones is 1. The normalized spacial score (nSPS) is 20.8. The zero-order valence-corrected chi connectivity index (χ0v) is 18.9. The summed E-state index contributed by atoms with van der Waals surface area (Å²) >= 11 is 0. The van der Waals surface area contributed by atoms with Crippen LogP contribution in [0.4, 0.5) is 0 Å². The topological polar surface area (TPSA) is 76.1 Å². The van der Waals surface area contributed by atoms with Gasteiger partial charge in [-0.1, -0.05) is 37.8 Å². The zero-order chi connectivity index (χ0) is 22.1. The number of fused-ring (bicyclic) bond motifs is 1. The molecule has 0 amide bonds. The van der Waals surface area contributed by atoms with E-state index >= 15 is 0 Å². The monoisotopic (exact) mass is 464 g/mol. The van der Waals surface area contributed by atoms with Crippen molar-refractivity contribution in [3.05, 3.63) is 72.1 Å². The van der Waals surface area contributed by atoms with Crippen molar-refractivity contribution in [2.45, 2.75) is 43.9 Å². The van der Waals surface area contributed by atoms with Gasteiger partial charge in [0.05, 0.1) is 10.6 Å². The summed E-state index contributed by atoms with van der Waals surface area (Å²) < 4.78 is 25.6. The quantitative estimate of drug-likeness (QED) is 0.555. The lowest BCUT2D eigenvalue weighted by Gasteiger charge is -2.22. The van der Waals surface area contributed by atoms with Gasteiger partial charge >= 0.3 is 0 Å². The predicted molar refractivity (Wildman–Crippen MR) is 132 cm³/mol. The molecule has 2 heterocycles. The molecule has 1 saturated carbocycles. The van der Waals surface area contributed by atoms with Crippen LogP contribution in [0.15, 0.2) is 65.8 Å². The molecule has 174 valence electrons. The van der Waals surface area contributed by atoms with Crippen molar-refractivity contribution >= 4 is 26.4 Å². The maximum atomic E-state index is 12.8. The molecule has 0 radical (unpaired) electrons. The van der Waals surface area contributed by atoms with E-state index < -0.39 is 9.84 Å². The maximum absolute atomic E-state index is 12.8. The number of rotatable bonds is 7. The third-order valence-electron chi connectivity index (χ3n) is 6.87. The fraction of sp³-hybridized carbons (Fsp3) is 0.407. The standard InChI is InChI=1S/C26H28N2O3S.CH4/c29-26(14-19-1-2-22-16-28-12-9-21(22)13-19)25-15-24(25)20-3-5-23(6-4-20)32(30,31)17-18-7-10-27-11-8-18;/h1-6,9,12-13,16,18,24-25,27H,7-8,10-11,14-15,17H2;1H4/t24?,25-;/m1./s1. The highest BCUT2D eigenvalue weighted by molar-refractivity contribution is 7.91. The second-order valence-electron chi connectivity index (χ2n) is 9.19. The molecule has 1 N–H and O–H groups in total. The summed E-state index contributed by atoms with van der Waals surface area (Å²) in [5.74, 6) is 0.942. The number of nitrogens with zero attached hydrogens (tertiary/aromatic N) is 1. The van der Waals surface area contributed by atoms with Crippen LogP contribution in [0.5, 0.6) is 0 Å². The number of hydrogen-bond donors (Lipinski definition) is 1. The van der Waals surface area contributed by atoms with Crippen LogP contribution >= 0.6 is 0 Å². The fourth-order valence-corrected chi connectivity index (χ4v) is 6.57. The van der Waals surface area contributed by atoms with Crippen LogP contribution in [0.25, 0.3) is 10.8 Å². The molecule has 0 bridgehead atoms. The van der Waals surface area contributed by atoms with Crippen molar-refractivity contribution in [1.29, 1.82) is 0 Å². The van der Waals surface area contributed by atoms with Crippen LogP contribution in [0.1, 0.15) is 43.7 Å². The highest BCUT2D eigenvalue weighted by atomic mass is 32.2. The van der Waals surface area contributed by atoms with E-state index in [0.717, 1.165) is 54.3 Å². The molecule has 6 heteroatoms. The Labute approximate surface area is 196 Å². The summed E-state index contributed by atoms with van der Waals surface area (Å²) in [5.41, 5.74) is 2.09. The maximum Gasteiger partial charge on any atom is 0.178 e. The van der Waals surface area contributed by atoms with Gasteiger partial charge in [-0.15, -0.1) is 0 Å². The predicted octanol–water partition coefficient (Wildman–Crippen LogP) is 4.56. The number of sulfone groups is 1. The Hall–Kier alpha value is -2.57. The highest BCUT2D eigenvalue weighted by Crippen LogP contribution is 2.48. The molecule has 5 rings (SSSR count). The van der Waals surface area contributed by atoms with Crippen LogP contribution in [0.2, 0.25) is 0 Å². The first-order valence-corrected chi connectivity index (χ1v) is 13.0. The zero-order valence-electron chi connectivity index (χ0n) is 18.0. The number of nitrogens with one attached hydrogen (secondary N) is 1. The molecule has 1 aromatic heterocycles. The summed E-state index contributed by atoms with van der Waals surface area (Å²) in [6.45, 7) is 1.79. The molecule has 1 saturated heterocycles. The number of piperidine rings is 1. The van der Waals surface area contributed by atoms with Gasteiger partial charge in [0.2, 0.25) is 0 Å². The molecule has 33 heavy (non-hydrogen) atoms. The van der Waals surface area contributed by atoms with Gasteiger partial charge in [-0.3, -0.25) is 9.78 Å². The summed E-state index contributed by atoms with van der Waals surface area (Å²) in [4.78, 5) is 17.4. The number of aromatic nitrogens is 1. The van der Waals surface area contributed by atoms with Crippen molar-refractivity contribution in [2.24, 2.45) is 11.8 Å². The molecule has 1 unspecified atom stereocenters. The molecule has 5 nitrogen and oxygen atoms in total. The van der Waals surface area contributed by atoms with Gasteiger partial charge in [-0.2, -0.15) is 0 Å². The molecule has 2 aliphatic rings. The van der Waals surface area contributed by atoms with E-state index in [9.17, 15) is 13.2 Å². The SMILES string of the molecule is C.O=C(Cc1ccc2cnccc2c1)[C@@H]1CC1c1ccc(S(=O)(=O)CC2CCNCC2)cc1. The van der Waals surface area contributed by atoms with Gasteiger partial charge < -0.3 is 5.32 Å². The highest BCUT2D eigenvalue weighted by Gasteiger charge is 2.43. The Balaban J connectivity index is 0.00000259. The molecule has 2 fully saturated rings. The van der Waals surface area contributed by atoms with E-state index in [2.05, 4.69) is 16.4 Å². The average molecular weight is 465 g/mol. The van der Waals surface area contributed by atoms with E-state index in [4.69, 9.17) is 0 Å². The van der Waals surface area contributed by atoms with Gasteiger partial charge in [0, 0.05) is 30.1 Å². The first-order chi connectivity index (χ1) is 15.5. The third-order valence-corrected chi connectivity index (χ3v) is 8.77. The Bertz CT molecular complexity index is 1230. The molecule has 2 atom stereocenters. The first kappa shape index (κ1) is 23.6. The van der Waals surface area contributed by atoms with Gasteiger partial charge in [0.1, 0.15) is 5.78 Å². The molecule has 1 aliphatic carbocycles. The number of pyridine rings is 1. The van der Waals surface area contributed by atoms with Crippen LogP contribution in [0.3, 0.4) is 0 Å². The second kappa shape index (κ2) is 9.74. The average Bonchev–Trinajstić information content (AvgIpc) is 3.61. The van der Waals surface area contributed by atoms with E-state index in [1.54, 1.807) is 18.3 Å². The van der Waals surface area contributed by atoms with Gasteiger partial charge in [-0.25, -0.2) is 8.42 Å². The van der Waals surface area contributed by atoms with Crippen LogP contribution < -0.4 is 5.32 Å². The lowest BCUT2D eigenvalue weighted by Crippen LogP contribution is -2.31. The van der Waals surface area contributed by atoms with Gasteiger partial charge in [0.25, 0.3) is 0 Å². The summed E-state index contributed by atoms with van der Waals surface area (Å²) in [6, 6.07) is 15.3. The summed E-state index contributed by atoms with van der Waals surface area (Å²) in [6.07, 6.45) is 6.70. The Kier molecular flexibility index (Phi) is 6.96. The van der Waals surface area contributed by atoms with Crippen molar-refractivity contribution in [1.82, 2.24) is 10.3 Å². The molecule has 2 aromatic carbocycles. The van der Waals surface area contributed by atoms with Crippen LogP contribution in [-0.2, 0) is 21.1 Å².